The summed E-state index contributed by atoms with van der Waals surface area (Å²) in [6.07, 6.45) is 8.67. The molecule has 0 aliphatic heterocycles. The first-order valence-electron chi connectivity index (χ1n) is 20.0. The van der Waals surface area contributed by atoms with Gasteiger partial charge in [0, 0.05) is 23.7 Å². The number of nitrogens with two attached hydrogens (primary N) is 1. The summed E-state index contributed by atoms with van der Waals surface area (Å²) in [5.41, 5.74) is 6.80. The average molecular weight is 730 g/mol. The van der Waals surface area contributed by atoms with Gasteiger partial charge in [-0.15, -0.1) is 10.2 Å². The number of esters is 1. The van der Waals surface area contributed by atoms with Crippen LogP contribution < -0.4 is 5.73 Å². The third-order valence-corrected chi connectivity index (χ3v) is 16.1. The Morgan fingerprint density at radius 3 is 2.36 bits per heavy atom. The number of fused-ring (bicyclic) bond motifs is 7. The monoisotopic (exact) mass is 729 g/mol. The molecular weight excluding hydrogens is 669 g/mol. The molecule has 8 nitrogen and oxygen atoms in total. The van der Waals surface area contributed by atoms with Crippen LogP contribution in [0.5, 0.6) is 0 Å². The lowest BCUT2D eigenvalue weighted by atomic mass is 9.33. The Labute approximate surface area is 314 Å². The van der Waals surface area contributed by atoms with Crippen LogP contribution in [-0.4, -0.2) is 34.0 Å². The summed E-state index contributed by atoms with van der Waals surface area (Å²) in [6.45, 7) is 19.9. The number of Topliss-reactive ketones (excluding diaryl/α,β-unsaturated/α-hetero) is 1. The average Bonchev–Trinajstić information content (AvgIpc) is 3.64. The highest BCUT2D eigenvalue weighted by Crippen LogP contribution is 2.77. The Bertz CT molecular complexity index is 1860. The van der Waals surface area contributed by atoms with Crippen molar-refractivity contribution in [2.24, 2.45) is 61.9 Å². The number of carbonyl (C=O) groups is 3. The third-order valence-electron chi connectivity index (χ3n) is 16.1. The van der Waals surface area contributed by atoms with E-state index in [1.54, 1.807) is 32.0 Å². The van der Waals surface area contributed by atoms with Gasteiger partial charge in [0.2, 0.25) is 11.8 Å². The van der Waals surface area contributed by atoms with Crippen molar-refractivity contribution >= 4 is 17.7 Å². The van der Waals surface area contributed by atoms with Crippen molar-refractivity contribution in [3.63, 3.8) is 0 Å². The van der Waals surface area contributed by atoms with Gasteiger partial charge < -0.3 is 14.9 Å². The Morgan fingerprint density at radius 1 is 0.962 bits per heavy atom. The molecule has 2 aromatic rings. The quantitative estimate of drug-likeness (QED) is 0.269. The SMILES string of the molecule is CC(C)C1=C2[C@H]3CC[C@@H]4[C@@]5(C)CC[C@H](OC(=O)CC(C)(C)C(N)=O)C(C)(C)[C@@H]5CC[C@@]4(C)[C@]3(C)CC[C@@]2(Cc2nnc(-c3ccccc3F)o2)CC1=O. The van der Waals surface area contributed by atoms with E-state index in [-0.39, 0.29) is 69.1 Å². The van der Waals surface area contributed by atoms with Crippen molar-refractivity contribution in [3.8, 4) is 11.5 Å². The number of rotatable bonds is 8. The van der Waals surface area contributed by atoms with Crippen LogP contribution in [-0.2, 0) is 25.5 Å². The van der Waals surface area contributed by atoms with Gasteiger partial charge in [-0.3, -0.25) is 14.4 Å². The number of ketones is 1. The molecular formula is C44H60FN3O5. The fourth-order valence-corrected chi connectivity index (χ4v) is 13.1. The molecule has 5 aliphatic rings. The molecule has 5 aliphatic carbocycles. The summed E-state index contributed by atoms with van der Waals surface area (Å²) in [5.74, 6) is 0.911. The zero-order valence-electron chi connectivity index (χ0n) is 33.4. The summed E-state index contributed by atoms with van der Waals surface area (Å²) in [7, 11) is 0. The van der Waals surface area contributed by atoms with E-state index >= 15 is 0 Å². The first-order valence-corrected chi connectivity index (χ1v) is 20.0. The van der Waals surface area contributed by atoms with Crippen LogP contribution in [0, 0.1) is 62.0 Å². The fourth-order valence-electron chi connectivity index (χ4n) is 13.1. The Morgan fingerprint density at radius 2 is 1.68 bits per heavy atom. The predicted octanol–water partition coefficient (Wildman–Crippen LogP) is 9.21. The minimum Gasteiger partial charge on any atom is -0.462 e. The number of nitrogens with zero attached hydrogens (tertiary/aromatic N) is 2. The molecule has 9 heteroatoms. The number of ether oxygens (including phenoxy) is 1. The second-order valence-corrected chi connectivity index (χ2v) is 19.9. The molecule has 1 heterocycles. The number of carbonyl (C=O) groups excluding carboxylic acids is 3. The number of amides is 1. The second kappa shape index (κ2) is 12.6. The first-order chi connectivity index (χ1) is 24.7. The maximum Gasteiger partial charge on any atom is 0.307 e. The Balaban J connectivity index is 1.18. The molecule has 4 saturated carbocycles. The highest BCUT2D eigenvalue weighted by atomic mass is 19.1. The van der Waals surface area contributed by atoms with Gasteiger partial charge in [-0.05, 0) is 109 Å². The molecule has 1 aromatic carbocycles. The molecule has 4 fully saturated rings. The number of hydrogen-bond acceptors (Lipinski definition) is 7. The van der Waals surface area contributed by atoms with Gasteiger partial charge in [0.15, 0.2) is 5.78 Å². The molecule has 8 atom stereocenters. The molecule has 1 aromatic heterocycles. The lowest BCUT2D eigenvalue weighted by Gasteiger charge is -2.72. The van der Waals surface area contributed by atoms with Gasteiger partial charge in [0.1, 0.15) is 11.9 Å². The van der Waals surface area contributed by atoms with Gasteiger partial charge in [-0.2, -0.15) is 0 Å². The maximum absolute atomic E-state index is 14.7. The highest BCUT2D eigenvalue weighted by Gasteiger charge is 2.70. The zero-order valence-corrected chi connectivity index (χ0v) is 33.4. The Hall–Kier alpha value is -3.36. The molecule has 0 saturated heterocycles. The van der Waals surface area contributed by atoms with E-state index in [0.29, 0.717) is 36.1 Å². The number of halogens is 1. The maximum atomic E-state index is 14.7. The molecule has 1 amide bonds. The van der Waals surface area contributed by atoms with Crippen LogP contribution in [0.2, 0.25) is 0 Å². The number of allylic oxidation sites excluding steroid dienone is 2. The van der Waals surface area contributed by atoms with Crippen LogP contribution in [0.1, 0.15) is 132 Å². The lowest BCUT2D eigenvalue weighted by Crippen LogP contribution is -2.65. The van der Waals surface area contributed by atoms with E-state index in [0.717, 1.165) is 56.9 Å². The minimum absolute atomic E-state index is 0.00549. The van der Waals surface area contributed by atoms with Gasteiger partial charge >= 0.3 is 5.97 Å². The number of benzene rings is 1. The van der Waals surface area contributed by atoms with E-state index in [4.69, 9.17) is 14.9 Å². The van der Waals surface area contributed by atoms with Gasteiger partial charge in [0.05, 0.1) is 17.4 Å². The standard InChI is InChI=1S/C44H60FN3O5/c1-25(2)35-29(49)22-44(23-33-47-48-37(53-33)26-12-10-11-13-28(26)45)21-20-42(8)27(36(35)44)14-15-31-41(7)18-17-32(52-34(50)24-39(3,4)38(46)51)40(5,6)30(41)16-19-43(31,42)9/h10-13,25,27,30-32H,14-24H2,1-9H3,(H2,46,51)/t27-,30+,31-,32+,41+,42-,43-,44+/m1/s1. The summed E-state index contributed by atoms with van der Waals surface area (Å²) < 4.78 is 27.0. The van der Waals surface area contributed by atoms with Crippen molar-refractivity contribution in [1.82, 2.24) is 10.2 Å². The molecule has 0 spiro atoms. The summed E-state index contributed by atoms with van der Waals surface area (Å²) in [4.78, 5) is 39.2. The molecule has 53 heavy (non-hydrogen) atoms. The topological polar surface area (TPSA) is 125 Å². The zero-order chi connectivity index (χ0) is 38.5. The van der Waals surface area contributed by atoms with Gasteiger partial charge in [-0.25, -0.2) is 4.39 Å². The summed E-state index contributed by atoms with van der Waals surface area (Å²) in [5, 5.41) is 8.68. The van der Waals surface area contributed by atoms with Crippen molar-refractivity contribution in [2.75, 3.05) is 0 Å². The molecule has 2 N–H and O–H groups in total. The van der Waals surface area contributed by atoms with E-state index in [9.17, 15) is 18.8 Å². The normalized spacial score (nSPS) is 36.4. The molecule has 0 radical (unpaired) electrons. The van der Waals surface area contributed by atoms with E-state index < -0.39 is 17.1 Å². The van der Waals surface area contributed by atoms with E-state index in [1.807, 2.05) is 0 Å². The highest BCUT2D eigenvalue weighted by molar-refractivity contribution is 6.00. The summed E-state index contributed by atoms with van der Waals surface area (Å²) in [6, 6.07) is 6.45. The van der Waals surface area contributed by atoms with Crippen LogP contribution >= 0.6 is 0 Å². The number of aromatic nitrogens is 2. The number of hydrogen-bond donors (Lipinski definition) is 1. The molecule has 288 valence electrons. The van der Waals surface area contributed by atoms with E-state index in [1.165, 1.54) is 11.6 Å². The molecule has 0 bridgehead atoms. The Kier molecular flexibility index (Phi) is 9.01. The van der Waals surface area contributed by atoms with Crippen molar-refractivity contribution in [1.29, 1.82) is 0 Å². The lowest BCUT2D eigenvalue weighted by molar-refractivity contribution is -0.233. The smallest absolute Gasteiger partial charge is 0.307 e. The van der Waals surface area contributed by atoms with Crippen LogP contribution in [0.15, 0.2) is 39.8 Å². The first kappa shape index (κ1) is 37.9. The van der Waals surface area contributed by atoms with Crippen molar-refractivity contribution in [3.05, 3.63) is 47.1 Å². The van der Waals surface area contributed by atoms with E-state index in [2.05, 4.69) is 58.7 Å². The molecule has 0 unspecified atom stereocenters. The van der Waals surface area contributed by atoms with Crippen LogP contribution in [0.25, 0.3) is 11.5 Å². The van der Waals surface area contributed by atoms with Gasteiger partial charge in [0.25, 0.3) is 5.89 Å². The third kappa shape index (κ3) is 5.67. The van der Waals surface area contributed by atoms with Crippen LogP contribution in [0.4, 0.5) is 4.39 Å². The van der Waals surface area contributed by atoms with Gasteiger partial charge in [-0.1, -0.05) is 80.0 Å². The molecule has 7 rings (SSSR count). The second-order valence-electron chi connectivity index (χ2n) is 19.9. The van der Waals surface area contributed by atoms with Crippen LogP contribution in [0.3, 0.4) is 0 Å². The minimum atomic E-state index is -0.951. The number of primary amides is 1. The fraction of sp³-hybridized carbons (Fsp3) is 0.705. The van der Waals surface area contributed by atoms with Crippen molar-refractivity contribution < 1.29 is 27.9 Å². The predicted molar refractivity (Wildman–Crippen MR) is 200 cm³/mol. The van der Waals surface area contributed by atoms with Crippen molar-refractivity contribution in [2.45, 2.75) is 139 Å². The summed E-state index contributed by atoms with van der Waals surface area (Å²) >= 11 is 0. The largest absolute Gasteiger partial charge is 0.462 e.